The summed E-state index contributed by atoms with van der Waals surface area (Å²) in [5, 5.41) is 15.2. The van der Waals surface area contributed by atoms with Crippen molar-refractivity contribution in [1.29, 1.82) is 0 Å². The zero-order valence-electron chi connectivity index (χ0n) is 11.7. The molecule has 110 valence electrons. The van der Waals surface area contributed by atoms with E-state index < -0.39 is 17.0 Å². The highest BCUT2D eigenvalue weighted by Gasteiger charge is 2.38. The van der Waals surface area contributed by atoms with Gasteiger partial charge in [0.2, 0.25) is 5.91 Å². The minimum absolute atomic E-state index is 0.0726. The number of carbonyl (C=O) groups excluding carboxylic acids is 1. The molecule has 1 saturated heterocycles. The van der Waals surface area contributed by atoms with Gasteiger partial charge < -0.3 is 15.7 Å². The minimum Gasteiger partial charge on any atom is -0.505 e. The quantitative estimate of drug-likeness (QED) is 0.743. The van der Waals surface area contributed by atoms with E-state index in [1.54, 1.807) is 0 Å². The Kier molecular flexibility index (Phi) is 4.60. The van der Waals surface area contributed by atoms with E-state index in [9.17, 15) is 9.18 Å². The highest BCUT2D eigenvalue weighted by atomic mass is 19.1. The molecule has 20 heavy (non-hydrogen) atoms. The van der Waals surface area contributed by atoms with Crippen LogP contribution in [0, 0.1) is 11.2 Å². The van der Waals surface area contributed by atoms with Crippen LogP contribution in [-0.4, -0.2) is 24.1 Å². The molecule has 1 aromatic rings. The first-order valence-electron chi connectivity index (χ1n) is 7.08. The molecule has 0 spiro atoms. The maximum absolute atomic E-state index is 13.3. The van der Waals surface area contributed by atoms with Gasteiger partial charge in [0, 0.05) is 18.3 Å². The molecule has 3 N–H and O–H groups in total. The monoisotopic (exact) mass is 280 g/mol. The number of hydrogen-bond acceptors (Lipinski definition) is 3. The van der Waals surface area contributed by atoms with Crippen LogP contribution in [0.4, 0.5) is 10.1 Å². The van der Waals surface area contributed by atoms with Crippen molar-refractivity contribution < 1.29 is 14.3 Å². The average molecular weight is 280 g/mol. The molecule has 1 fully saturated rings. The third-order valence-corrected chi connectivity index (χ3v) is 3.89. The van der Waals surface area contributed by atoms with E-state index in [0.717, 1.165) is 38.3 Å². The molecule has 0 aromatic heterocycles. The van der Waals surface area contributed by atoms with E-state index in [1.165, 1.54) is 12.1 Å². The normalized spacial score (nSPS) is 22.5. The Balaban J connectivity index is 2.13. The highest BCUT2D eigenvalue weighted by molar-refractivity contribution is 5.95. The summed E-state index contributed by atoms with van der Waals surface area (Å²) in [6.07, 6.45) is 3.56. The number of halogens is 1. The zero-order chi connectivity index (χ0) is 14.6. The van der Waals surface area contributed by atoms with Gasteiger partial charge in [0.05, 0.1) is 5.41 Å². The second-order valence-corrected chi connectivity index (χ2v) is 5.43. The Hall–Kier alpha value is -1.62. The number of anilines is 1. The molecule has 0 saturated carbocycles. The molecule has 0 aliphatic carbocycles. The number of piperidine rings is 1. The lowest BCUT2D eigenvalue weighted by molar-refractivity contribution is -0.127. The van der Waals surface area contributed by atoms with Crippen molar-refractivity contribution in [3.8, 4) is 5.75 Å². The number of hydrogen-bond donors (Lipinski definition) is 3. The summed E-state index contributed by atoms with van der Waals surface area (Å²) in [4.78, 5) is 12.5. The first-order chi connectivity index (χ1) is 9.57. The molecule has 1 aliphatic heterocycles. The summed E-state index contributed by atoms with van der Waals surface area (Å²) in [5.41, 5.74) is -0.0344. The molecule has 1 aromatic carbocycles. The standard InChI is InChI=1S/C15H21FN2O2/c1-2-6-15(7-3-8-17-10-15)14(20)18-11-4-5-13(19)12(16)9-11/h4-5,9,17,19H,2-3,6-8,10H2,1H3,(H,18,20). The van der Waals surface area contributed by atoms with Crippen molar-refractivity contribution >= 4 is 11.6 Å². The van der Waals surface area contributed by atoms with E-state index in [0.29, 0.717) is 12.2 Å². The third kappa shape index (κ3) is 3.10. The summed E-state index contributed by atoms with van der Waals surface area (Å²) >= 11 is 0. The molecule has 1 aliphatic rings. The van der Waals surface area contributed by atoms with Gasteiger partial charge >= 0.3 is 0 Å². The Bertz CT molecular complexity index is 479. The second kappa shape index (κ2) is 6.22. The van der Waals surface area contributed by atoms with Crippen LogP contribution in [0.15, 0.2) is 18.2 Å². The Morgan fingerprint density at radius 3 is 2.95 bits per heavy atom. The van der Waals surface area contributed by atoms with Crippen LogP contribution < -0.4 is 10.6 Å². The summed E-state index contributed by atoms with van der Waals surface area (Å²) < 4.78 is 13.3. The number of benzene rings is 1. The molecule has 0 bridgehead atoms. The van der Waals surface area contributed by atoms with Gasteiger partial charge in [0.15, 0.2) is 11.6 Å². The van der Waals surface area contributed by atoms with E-state index in [4.69, 9.17) is 5.11 Å². The van der Waals surface area contributed by atoms with Crippen molar-refractivity contribution in [3.63, 3.8) is 0 Å². The smallest absolute Gasteiger partial charge is 0.231 e. The number of amides is 1. The maximum Gasteiger partial charge on any atom is 0.231 e. The van der Waals surface area contributed by atoms with Crippen LogP contribution in [0.2, 0.25) is 0 Å². The van der Waals surface area contributed by atoms with Crippen molar-refractivity contribution in [2.24, 2.45) is 5.41 Å². The van der Waals surface area contributed by atoms with Crippen molar-refractivity contribution in [3.05, 3.63) is 24.0 Å². The molecule has 0 radical (unpaired) electrons. The fraction of sp³-hybridized carbons (Fsp3) is 0.533. The largest absolute Gasteiger partial charge is 0.505 e. The van der Waals surface area contributed by atoms with Crippen LogP contribution in [0.5, 0.6) is 5.75 Å². The fourth-order valence-corrected chi connectivity index (χ4v) is 2.82. The average Bonchev–Trinajstić information content (AvgIpc) is 2.44. The number of aromatic hydroxyl groups is 1. The molecule has 1 unspecified atom stereocenters. The van der Waals surface area contributed by atoms with Gasteiger partial charge in [-0.15, -0.1) is 0 Å². The predicted octanol–water partition coefficient (Wildman–Crippen LogP) is 2.64. The van der Waals surface area contributed by atoms with Crippen LogP contribution in [0.1, 0.15) is 32.6 Å². The molecule has 4 nitrogen and oxygen atoms in total. The van der Waals surface area contributed by atoms with Crippen molar-refractivity contribution in [1.82, 2.24) is 5.32 Å². The number of phenolic OH excluding ortho intramolecular Hbond substituents is 1. The number of rotatable bonds is 4. The van der Waals surface area contributed by atoms with Gasteiger partial charge in [-0.25, -0.2) is 4.39 Å². The molecular weight excluding hydrogens is 259 g/mol. The number of phenols is 1. The van der Waals surface area contributed by atoms with Gasteiger partial charge in [0.1, 0.15) is 0 Å². The predicted molar refractivity (Wildman–Crippen MR) is 76.1 cm³/mol. The van der Waals surface area contributed by atoms with Gasteiger partial charge in [-0.2, -0.15) is 0 Å². The summed E-state index contributed by atoms with van der Waals surface area (Å²) in [5.74, 6) is -1.21. The lowest BCUT2D eigenvalue weighted by Gasteiger charge is -2.36. The van der Waals surface area contributed by atoms with E-state index in [1.807, 2.05) is 0 Å². The molecular formula is C15H21FN2O2. The molecule has 1 amide bonds. The number of nitrogens with one attached hydrogen (secondary N) is 2. The summed E-state index contributed by atoms with van der Waals surface area (Å²) in [6.45, 7) is 3.66. The first-order valence-corrected chi connectivity index (χ1v) is 7.08. The zero-order valence-corrected chi connectivity index (χ0v) is 11.7. The van der Waals surface area contributed by atoms with Gasteiger partial charge in [-0.1, -0.05) is 13.3 Å². The minimum atomic E-state index is -0.728. The Morgan fingerprint density at radius 1 is 1.55 bits per heavy atom. The van der Waals surface area contributed by atoms with Crippen LogP contribution >= 0.6 is 0 Å². The lowest BCUT2D eigenvalue weighted by Crippen LogP contribution is -2.48. The fourth-order valence-electron chi connectivity index (χ4n) is 2.82. The van der Waals surface area contributed by atoms with E-state index in [2.05, 4.69) is 17.6 Å². The van der Waals surface area contributed by atoms with Crippen LogP contribution in [0.25, 0.3) is 0 Å². The SMILES string of the molecule is CCCC1(C(=O)Nc2ccc(O)c(F)c2)CCCNC1. The molecule has 2 rings (SSSR count). The second-order valence-electron chi connectivity index (χ2n) is 5.43. The van der Waals surface area contributed by atoms with Gasteiger partial charge in [-0.3, -0.25) is 4.79 Å². The Labute approximate surface area is 118 Å². The topological polar surface area (TPSA) is 61.4 Å². The summed E-state index contributed by atoms with van der Waals surface area (Å²) in [7, 11) is 0. The molecule has 1 heterocycles. The van der Waals surface area contributed by atoms with Gasteiger partial charge in [-0.05, 0) is 37.9 Å². The Morgan fingerprint density at radius 2 is 2.35 bits per heavy atom. The van der Waals surface area contributed by atoms with Crippen LogP contribution in [0.3, 0.4) is 0 Å². The third-order valence-electron chi connectivity index (χ3n) is 3.89. The van der Waals surface area contributed by atoms with E-state index >= 15 is 0 Å². The van der Waals surface area contributed by atoms with Crippen molar-refractivity contribution in [2.45, 2.75) is 32.6 Å². The highest BCUT2D eigenvalue weighted by Crippen LogP contribution is 2.33. The number of carbonyl (C=O) groups is 1. The van der Waals surface area contributed by atoms with Crippen molar-refractivity contribution in [2.75, 3.05) is 18.4 Å². The van der Waals surface area contributed by atoms with Gasteiger partial charge in [0.25, 0.3) is 0 Å². The van der Waals surface area contributed by atoms with Crippen LogP contribution in [-0.2, 0) is 4.79 Å². The lowest BCUT2D eigenvalue weighted by atomic mass is 9.76. The van der Waals surface area contributed by atoms with E-state index in [-0.39, 0.29) is 5.91 Å². The first kappa shape index (κ1) is 14.8. The summed E-state index contributed by atoms with van der Waals surface area (Å²) in [6, 6.07) is 3.89. The molecule has 1 atom stereocenters. The maximum atomic E-state index is 13.3. The molecule has 5 heteroatoms.